The summed E-state index contributed by atoms with van der Waals surface area (Å²) in [5, 5.41) is 12.2. The maximum Gasteiger partial charge on any atom is 0.205 e. The summed E-state index contributed by atoms with van der Waals surface area (Å²) in [6.07, 6.45) is 0. The van der Waals surface area contributed by atoms with Crippen molar-refractivity contribution in [3.8, 4) is 11.5 Å². The quantitative estimate of drug-likeness (QED) is 0.938. The van der Waals surface area contributed by atoms with Crippen molar-refractivity contribution < 1.29 is 9.47 Å². The molecule has 0 bridgehead atoms. The van der Waals surface area contributed by atoms with Crippen LogP contribution in [0.2, 0.25) is 5.02 Å². The van der Waals surface area contributed by atoms with Crippen LogP contribution < -0.4 is 14.8 Å². The number of fused-ring (bicyclic) bond motifs is 1. The van der Waals surface area contributed by atoms with Crippen LogP contribution in [0.15, 0.2) is 17.6 Å². The van der Waals surface area contributed by atoms with Crippen molar-refractivity contribution in [3.05, 3.63) is 28.2 Å². The fourth-order valence-electron chi connectivity index (χ4n) is 1.69. The molecule has 94 valence electrons. The molecule has 2 aromatic rings. The van der Waals surface area contributed by atoms with Gasteiger partial charge in [0.25, 0.3) is 0 Å². The van der Waals surface area contributed by atoms with Crippen molar-refractivity contribution in [2.24, 2.45) is 0 Å². The highest BCUT2D eigenvalue weighted by Crippen LogP contribution is 2.38. The Morgan fingerprint density at radius 2 is 2.22 bits per heavy atom. The molecule has 1 aliphatic rings. The van der Waals surface area contributed by atoms with E-state index >= 15 is 0 Å². The van der Waals surface area contributed by atoms with E-state index in [0.29, 0.717) is 36.3 Å². The highest BCUT2D eigenvalue weighted by Gasteiger charge is 2.16. The van der Waals surface area contributed by atoms with E-state index in [0.717, 1.165) is 10.7 Å². The van der Waals surface area contributed by atoms with E-state index < -0.39 is 0 Å². The van der Waals surface area contributed by atoms with E-state index in [1.54, 1.807) is 5.51 Å². The highest BCUT2D eigenvalue weighted by atomic mass is 35.5. The standard InChI is InChI=1S/C11H10ClN3O2S/c12-8-3-7(5-13-11-15-14-6-18-11)4-9-10(8)17-2-1-16-9/h3-4,6H,1-2,5H2,(H,13,15). The van der Waals surface area contributed by atoms with E-state index in [-0.39, 0.29) is 0 Å². The molecular weight excluding hydrogens is 274 g/mol. The first-order valence-electron chi connectivity index (χ1n) is 5.41. The van der Waals surface area contributed by atoms with E-state index in [9.17, 15) is 0 Å². The summed E-state index contributed by atoms with van der Waals surface area (Å²) in [7, 11) is 0. The van der Waals surface area contributed by atoms with Crippen LogP contribution in [0.25, 0.3) is 0 Å². The van der Waals surface area contributed by atoms with Crippen molar-refractivity contribution in [1.82, 2.24) is 10.2 Å². The molecule has 0 amide bonds. The lowest BCUT2D eigenvalue weighted by Gasteiger charge is -2.20. The van der Waals surface area contributed by atoms with Crippen molar-refractivity contribution in [3.63, 3.8) is 0 Å². The molecule has 1 aromatic heterocycles. The van der Waals surface area contributed by atoms with Gasteiger partial charge >= 0.3 is 0 Å². The summed E-state index contributed by atoms with van der Waals surface area (Å²) >= 11 is 7.60. The number of rotatable bonds is 3. The molecule has 1 aromatic carbocycles. The van der Waals surface area contributed by atoms with Gasteiger partial charge in [-0.05, 0) is 17.7 Å². The summed E-state index contributed by atoms with van der Waals surface area (Å²) in [6, 6.07) is 3.79. The Kier molecular flexibility index (Phi) is 3.21. The second-order valence-corrected chi connectivity index (χ2v) is 4.94. The Hall–Kier alpha value is -1.53. The third-order valence-corrected chi connectivity index (χ3v) is 3.39. The maximum atomic E-state index is 6.15. The van der Waals surface area contributed by atoms with Gasteiger partial charge in [-0.2, -0.15) is 0 Å². The summed E-state index contributed by atoms with van der Waals surface area (Å²) in [5.74, 6) is 1.32. The lowest BCUT2D eigenvalue weighted by Crippen LogP contribution is -2.16. The Morgan fingerprint density at radius 3 is 3.06 bits per heavy atom. The summed E-state index contributed by atoms with van der Waals surface area (Å²) in [4.78, 5) is 0. The number of hydrogen-bond acceptors (Lipinski definition) is 6. The first-order valence-corrected chi connectivity index (χ1v) is 6.67. The Balaban J connectivity index is 1.78. The van der Waals surface area contributed by atoms with Gasteiger partial charge in [-0.3, -0.25) is 0 Å². The van der Waals surface area contributed by atoms with Crippen LogP contribution in [0, 0.1) is 0 Å². The zero-order chi connectivity index (χ0) is 12.4. The average molecular weight is 284 g/mol. The number of anilines is 1. The van der Waals surface area contributed by atoms with Gasteiger partial charge in [0.05, 0.1) is 5.02 Å². The normalized spacial score (nSPS) is 13.4. The van der Waals surface area contributed by atoms with Gasteiger partial charge in [0, 0.05) is 6.54 Å². The highest BCUT2D eigenvalue weighted by molar-refractivity contribution is 7.13. The molecule has 5 nitrogen and oxygen atoms in total. The van der Waals surface area contributed by atoms with Gasteiger partial charge in [0.1, 0.15) is 18.7 Å². The van der Waals surface area contributed by atoms with Crippen molar-refractivity contribution in [1.29, 1.82) is 0 Å². The van der Waals surface area contributed by atoms with Crippen LogP contribution in [0.1, 0.15) is 5.56 Å². The molecule has 0 spiro atoms. The van der Waals surface area contributed by atoms with Gasteiger partial charge < -0.3 is 14.8 Å². The molecule has 3 rings (SSSR count). The van der Waals surface area contributed by atoms with E-state index in [1.165, 1.54) is 11.3 Å². The zero-order valence-electron chi connectivity index (χ0n) is 9.35. The van der Waals surface area contributed by atoms with Crippen LogP contribution in [-0.4, -0.2) is 23.4 Å². The predicted molar refractivity (Wildman–Crippen MR) is 69.7 cm³/mol. The Morgan fingerprint density at radius 1 is 1.33 bits per heavy atom. The average Bonchev–Trinajstić information content (AvgIpc) is 2.90. The fourth-order valence-corrected chi connectivity index (χ4v) is 2.43. The molecule has 0 aliphatic carbocycles. The van der Waals surface area contributed by atoms with Crippen LogP contribution >= 0.6 is 22.9 Å². The predicted octanol–water partition coefficient (Wildman–Crippen LogP) is 2.57. The van der Waals surface area contributed by atoms with E-state index in [2.05, 4.69) is 15.5 Å². The first-order chi connectivity index (χ1) is 8.83. The topological polar surface area (TPSA) is 56.3 Å². The summed E-state index contributed by atoms with van der Waals surface area (Å²) < 4.78 is 11.0. The number of nitrogens with one attached hydrogen (secondary N) is 1. The lowest BCUT2D eigenvalue weighted by molar-refractivity contribution is 0.171. The smallest absolute Gasteiger partial charge is 0.205 e. The van der Waals surface area contributed by atoms with Gasteiger partial charge in [-0.15, -0.1) is 10.2 Å². The molecule has 2 heterocycles. The zero-order valence-corrected chi connectivity index (χ0v) is 10.9. The minimum Gasteiger partial charge on any atom is -0.486 e. The number of nitrogens with zero attached hydrogens (tertiary/aromatic N) is 2. The number of benzene rings is 1. The molecule has 0 fully saturated rings. The number of hydrogen-bond donors (Lipinski definition) is 1. The second kappa shape index (κ2) is 4.99. The fraction of sp³-hybridized carbons (Fsp3) is 0.273. The minimum atomic E-state index is 0.537. The van der Waals surface area contributed by atoms with Crippen molar-refractivity contribution in [2.75, 3.05) is 18.5 Å². The molecule has 0 unspecified atom stereocenters. The first kappa shape index (κ1) is 11.6. The molecule has 7 heteroatoms. The van der Waals surface area contributed by atoms with Crippen LogP contribution in [-0.2, 0) is 6.54 Å². The summed E-state index contributed by atoms with van der Waals surface area (Å²) in [6.45, 7) is 1.71. The monoisotopic (exact) mass is 283 g/mol. The SMILES string of the molecule is Clc1cc(CNc2nncs2)cc2c1OCCO2. The largest absolute Gasteiger partial charge is 0.486 e. The van der Waals surface area contributed by atoms with E-state index in [1.807, 2.05) is 12.1 Å². The molecule has 0 radical (unpaired) electrons. The number of aromatic nitrogens is 2. The second-order valence-electron chi connectivity index (χ2n) is 3.70. The third-order valence-electron chi connectivity index (χ3n) is 2.46. The Bertz CT molecular complexity index is 547. The third kappa shape index (κ3) is 2.34. The number of ether oxygens (including phenoxy) is 2. The minimum absolute atomic E-state index is 0.537. The van der Waals surface area contributed by atoms with Crippen LogP contribution in [0.4, 0.5) is 5.13 Å². The van der Waals surface area contributed by atoms with Gasteiger partial charge in [-0.25, -0.2) is 0 Å². The molecular formula is C11H10ClN3O2S. The molecule has 1 aliphatic heterocycles. The van der Waals surface area contributed by atoms with Crippen LogP contribution in [0.3, 0.4) is 0 Å². The van der Waals surface area contributed by atoms with Crippen LogP contribution in [0.5, 0.6) is 11.5 Å². The molecule has 0 saturated carbocycles. The molecule has 18 heavy (non-hydrogen) atoms. The lowest BCUT2D eigenvalue weighted by atomic mass is 10.2. The molecule has 1 N–H and O–H groups in total. The van der Waals surface area contributed by atoms with Gasteiger partial charge in [0.2, 0.25) is 5.13 Å². The summed E-state index contributed by atoms with van der Waals surface area (Å²) in [5.41, 5.74) is 2.69. The Labute approximate surface area is 113 Å². The van der Waals surface area contributed by atoms with Gasteiger partial charge in [0.15, 0.2) is 11.5 Å². The molecule has 0 saturated heterocycles. The van der Waals surface area contributed by atoms with E-state index in [4.69, 9.17) is 21.1 Å². The number of halogens is 1. The van der Waals surface area contributed by atoms with Crippen molar-refractivity contribution in [2.45, 2.75) is 6.54 Å². The van der Waals surface area contributed by atoms with Gasteiger partial charge in [-0.1, -0.05) is 22.9 Å². The van der Waals surface area contributed by atoms with Crippen molar-refractivity contribution >= 4 is 28.1 Å². The molecule has 0 atom stereocenters. The maximum absolute atomic E-state index is 6.15.